The lowest BCUT2D eigenvalue weighted by Gasteiger charge is -2.36. The number of hydrogen-bond donors (Lipinski definition) is 2. The SMILES string of the molecule is CC1CC(C(=O)O)CCN1C(=O)NCCn1cccn1. The van der Waals surface area contributed by atoms with Crippen molar-refractivity contribution >= 4 is 12.0 Å². The van der Waals surface area contributed by atoms with Crippen molar-refractivity contribution in [3.63, 3.8) is 0 Å². The third-order valence-corrected chi connectivity index (χ3v) is 3.66. The summed E-state index contributed by atoms with van der Waals surface area (Å²) >= 11 is 0. The number of nitrogens with zero attached hydrogens (tertiary/aromatic N) is 3. The minimum absolute atomic E-state index is 0.0467. The summed E-state index contributed by atoms with van der Waals surface area (Å²) in [6.07, 6.45) is 4.57. The molecule has 2 amide bonds. The summed E-state index contributed by atoms with van der Waals surface area (Å²) in [6.45, 7) is 3.51. The number of urea groups is 1. The Bertz CT molecular complexity index is 460. The van der Waals surface area contributed by atoms with Crippen molar-refractivity contribution in [3.8, 4) is 0 Å². The lowest BCUT2D eigenvalue weighted by Crippen LogP contribution is -2.50. The Morgan fingerprint density at radius 3 is 2.90 bits per heavy atom. The van der Waals surface area contributed by atoms with E-state index in [1.807, 2.05) is 19.2 Å². The van der Waals surface area contributed by atoms with E-state index in [-0.39, 0.29) is 18.0 Å². The normalized spacial score (nSPS) is 22.6. The third-order valence-electron chi connectivity index (χ3n) is 3.66. The number of hydrogen-bond acceptors (Lipinski definition) is 3. The molecule has 0 spiro atoms. The molecule has 0 aliphatic carbocycles. The van der Waals surface area contributed by atoms with Gasteiger partial charge in [-0.3, -0.25) is 9.48 Å². The fourth-order valence-electron chi connectivity index (χ4n) is 2.51. The Balaban J connectivity index is 1.76. The molecule has 2 rings (SSSR count). The van der Waals surface area contributed by atoms with Crippen molar-refractivity contribution in [1.82, 2.24) is 20.0 Å². The van der Waals surface area contributed by atoms with E-state index in [1.165, 1.54) is 0 Å². The van der Waals surface area contributed by atoms with E-state index >= 15 is 0 Å². The number of likely N-dealkylation sites (tertiary alicyclic amines) is 1. The maximum Gasteiger partial charge on any atom is 0.317 e. The number of carbonyl (C=O) groups is 2. The highest BCUT2D eigenvalue weighted by Crippen LogP contribution is 2.22. The molecule has 7 heteroatoms. The maximum atomic E-state index is 12.1. The van der Waals surface area contributed by atoms with Crippen LogP contribution in [0.25, 0.3) is 0 Å². The Labute approximate surface area is 117 Å². The molecule has 0 aromatic carbocycles. The number of aliphatic carboxylic acids is 1. The van der Waals surface area contributed by atoms with Crippen LogP contribution in [0.1, 0.15) is 19.8 Å². The fourth-order valence-corrected chi connectivity index (χ4v) is 2.51. The zero-order chi connectivity index (χ0) is 14.5. The molecule has 20 heavy (non-hydrogen) atoms. The monoisotopic (exact) mass is 280 g/mol. The molecule has 7 nitrogen and oxygen atoms in total. The molecule has 0 saturated carbocycles. The van der Waals surface area contributed by atoms with Crippen molar-refractivity contribution < 1.29 is 14.7 Å². The molecule has 1 fully saturated rings. The summed E-state index contributed by atoms with van der Waals surface area (Å²) in [6, 6.07) is 1.66. The average molecular weight is 280 g/mol. The molecule has 1 aromatic rings. The van der Waals surface area contributed by atoms with Crippen molar-refractivity contribution in [2.45, 2.75) is 32.4 Å². The van der Waals surface area contributed by atoms with Crippen LogP contribution in [0.5, 0.6) is 0 Å². The second-order valence-corrected chi connectivity index (χ2v) is 5.10. The number of amides is 2. The highest BCUT2D eigenvalue weighted by molar-refractivity contribution is 5.75. The van der Waals surface area contributed by atoms with Crippen LogP contribution in [0.2, 0.25) is 0 Å². The topological polar surface area (TPSA) is 87.5 Å². The summed E-state index contributed by atoms with van der Waals surface area (Å²) in [5.74, 6) is -1.10. The first-order chi connectivity index (χ1) is 9.58. The molecule has 110 valence electrons. The quantitative estimate of drug-likeness (QED) is 0.853. The Morgan fingerprint density at radius 1 is 1.50 bits per heavy atom. The van der Waals surface area contributed by atoms with Crippen LogP contribution >= 0.6 is 0 Å². The molecule has 2 atom stereocenters. The largest absolute Gasteiger partial charge is 0.481 e. The molecule has 0 bridgehead atoms. The van der Waals surface area contributed by atoms with Gasteiger partial charge >= 0.3 is 12.0 Å². The Hall–Kier alpha value is -2.05. The summed E-state index contributed by atoms with van der Waals surface area (Å²) < 4.78 is 1.75. The lowest BCUT2D eigenvalue weighted by atomic mass is 9.92. The van der Waals surface area contributed by atoms with Crippen LogP contribution in [-0.2, 0) is 11.3 Å². The van der Waals surface area contributed by atoms with E-state index in [9.17, 15) is 9.59 Å². The number of aromatic nitrogens is 2. The second kappa shape index (κ2) is 6.40. The van der Waals surface area contributed by atoms with Crippen LogP contribution in [0.15, 0.2) is 18.5 Å². The van der Waals surface area contributed by atoms with Gasteiger partial charge in [0.15, 0.2) is 0 Å². The van der Waals surface area contributed by atoms with E-state index in [1.54, 1.807) is 15.8 Å². The highest BCUT2D eigenvalue weighted by atomic mass is 16.4. The van der Waals surface area contributed by atoms with Gasteiger partial charge in [-0.2, -0.15) is 5.10 Å². The molecular weight excluding hydrogens is 260 g/mol. The predicted octanol–water partition coefficient (Wildman–Crippen LogP) is 0.778. The van der Waals surface area contributed by atoms with Crippen molar-refractivity contribution in [1.29, 1.82) is 0 Å². The van der Waals surface area contributed by atoms with Crippen LogP contribution in [0, 0.1) is 5.92 Å². The molecular formula is C13H20N4O3. The first kappa shape index (κ1) is 14.4. The van der Waals surface area contributed by atoms with Crippen LogP contribution in [-0.4, -0.2) is 50.9 Å². The van der Waals surface area contributed by atoms with E-state index in [4.69, 9.17) is 5.11 Å². The number of carboxylic acids is 1. The number of piperidine rings is 1. The minimum Gasteiger partial charge on any atom is -0.481 e. The Kier molecular flexibility index (Phi) is 4.60. The van der Waals surface area contributed by atoms with Crippen molar-refractivity contribution in [2.24, 2.45) is 5.92 Å². The molecule has 2 N–H and O–H groups in total. The van der Waals surface area contributed by atoms with Gasteiger partial charge in [-0.15, -0.1) is 0 Å². The van der Waals surface area contributed by atoms with Gasteiger partial charge in [-0.1, -0.05) is 0 Å². The van der Waals surface area contributed by atoms with E-state index in [2.05, 4.69) is 10.4 Å². The Morgan fingerprint density at radius 2 is 2.30 bits per heavy atom. The fraction of sp³-hybridized carbons (Fsp3) is 0.615. The molecule has 1 aliphatic heterocycles. The van der Waals surface area contributed by atoms with Crippen LogP contribution in [0.4, 0.5) is 4.79 Å². The van der Waals surface area contributed by atoms with Gasteiger partial charge in [0.25, 0.3) is 0 Å². The van der Waals surface area contributed by atoms with Gasteiger partial charge in [0, 0.05) is 31.5 Å². The second-order valence-electron chi connectivity index (χ2n) is 5.10. The zero-order valence-corrected chi connectivity index (χ0v) is 11.5. The van der Waals surface area contributed by atoms with Crippen molar-refractivity contribution in [3.05, 3.63) is 18.5 Å². The predicted molar refractivity (Wildman–Crippen MR) is 72.2 cm³/mol. The molecule has 1 aromatic heterocycles. The van der Waals surface area contributed by atoms with Gasteiger partial charge in [-0.25, -0.2) is 4.79 Å². The number of carboxylic acid groups (broad SMARTS) is 1. The van der Waals surface area contributed by atoms with Gasteiger partial charge in [0.1, 0.15) is 0 Å². The van der Waals surface area contributed by atoms with Gasteiger partial charge < -0.3 is 15.3 Å². The lowest BCUT2D eigenvalue weighted by molar-refractivity contribution is -0.143. The first-order valence-corrected chi connectivity index (χ1v) is 6.82. The van der Waals surface area contributed by atoms with Gasteiger partial charge in [0.2, 0.25) is 0 Å². The first-order valence-electron chi connectivity index (χ1n) is 6.82. The molecule has 1 saturated heterocycles. The molecule has 0 radical (unpaired) electrons. The van der Waals surface area contributed by atoms with Gasteiger partial charge in [0.05, 0.1) is 12.5 Å². The third kappa shape index (κ3) is 3.49. The minimum atomic E-state index is -0.768. The van der Waals surface area contributed by atoms with E-state index in [0.29, 0.717) is 32.5 Å². The number of rotatable bonds is 4. The van der Waals surface area contributed by atoms with Crippen LogP contribution < -0.4 is 5.32 Å². The average Bonchev–Trinajstić information content (AvgIpc) is 2.91. The smallest absolute Gasteiger partial charge is 0.317 e. The number of carbonyl (C=O) groups excluding carboxylic acids is 1. The summed E-state index contributed by atoms with van der Waals surface area (Å²) in [5.41, 5.74) is 0. The molecule has 2 unspecified atom stereocenters. The molecule has 1 aliphatic rings. The zero-order valence-electron chi connectivity index (χ0n) is 11.5. The van der Waals surface area contributed by atoms with E-state index in [0.717, 1.165) is 0 Å². The standard InChI is InChI=1S/C13H20N4O3/c1-10-9-11(12(18)19)3-7-17(10)13(20)14-5-8-16-6-2-4-15-16/h2,4,6,10-11H,3,5,7-9H2,1H3,(H,14,20)(H,18,19). The van der Waals surface area contributed by atoms with Gasteiger partial charge in [-0.05, 0) is 25.8 Å². The summed E-state index contributed by atoms with van der Waals surface area (Å²) in [5, 5.41) is 15.9. The van der Waals surface area contributed by atoms with Crippen molar-refractivity contribution in [2.75, 3.05) is 13.1 Å². The maximum absolute atomic E-state index is 12.1. The highest BCUT2D eigenvalue weighted by Gasteiger charge is 2.31. The summed E-state index contributed by atoms with van der Waals surface area (Å²) in [7, 11) is 0. The van der Waals surface area contributed by atoms with Crippen LogP contribution in [0.3, 0.4) is 0 Å². The number of nitrogens with one attached hydrogen (secondary N) is 1. The van der Waals surface area contributed by atoms with E-state index < -0.39 is 5.97 Å². The summed E-state index contributed by atoms with van der Waals surface area (Å²) in [4.78, 5) is 24.7. The molecule has 2 heterocycles.